The predicted octanol–water partition coefficient (Wildman–Crippen LogP) is 6.43. The molecule has 1 rings (SSSR count). The molecule has 0 saturated heterocycles. The van der Waals surface area contributed by atoms with E-state index < -0.39 is 0 Å². The van der Waals surface area contributed by atoms with E-state index in [0.29, 0.717) is 0 Å². The first kappa shape index (κ1) is 15.5. The van der Waals surface area contributed by atoms with Gasteiger partial charge in [0.2, 0.25) is 0 Å². The van der Waals surface area contributed by atoms with Crippen molar-refractivity contribution in [2.24, 2.45) is 5.92 Å². The minimum Gasteiger partial charge on any atom is -0.103 e. The smallest absolute Gasteiger partial charge is 0.0199 e. The molecule has 1 atom stereocenters. The second-order valence-corrected chi connectivity index (χ2v) is 5.83. The number of allylic oxidation sites excluding steroid dienone is 3. The molecular formula is C18H32. The molecule has 0 nitrogen and oxygen atoms in total. The van der Waals surface area contributed by atoms with E-state index in [-0.39, 0.29) is 0 Å². The molecule has 0 heteroatoms. The van der Waals surface area contributed by atoms with Gasteiger partial charge in [0.25, 0.3) is 0 Å². The van der Waals surface area contributed by atoms with Crippen molar-refractivity contribution in [3.63, 3.8) is 0 Å². The molecule has 0 N–H and O–H groups in total. The molecule has 104 valence electrons. The van der Waals surface area contributed by atoms with Crippen LogP contribution in [0.3, 0.4) is 0 Å². The van der Waals surface area contributed by atoms with Gasteiger partial charge >= 0.3 is 0 Å². The number of hydrogen-bond acceptors (Lipinski definition) is 0. The average Bonchev–Trinajstić information content (AvgIpc) is 2.39. The van der Waals surface area contributed by atoms with Crippen LogP contribution in [0.4, 0.5) is 0 Å². The molecule has 0 heterocycles. The van der Waals surface area contributed by atoms with Crippen LogP contribution in [0.2, 0.25) is 0 Å². The third-order valence-electron chi connectivity index (χ3n) is 4.07. The summed E-state index contributed by atoms with van der Waals surface area (Å²) in [7, 11) is 0. The van der Waals surface area contributed by atoms with E-state index in [1.54, 1.807) is 0 Å². The third-order valence-corrected chi connectivity index (χ3v) is 4.07. The molecule has 0 radical (unpaired) electrons. The van der Waals surface area contributed by atoms with Crippen LogP contribution < -0.4 is 0 Å². The second-order valence-electron chi connectivity index (χ2n) is 5.83. The van der Waals surface area contributed by atoms with Gasteiger partial charge in [0.1, 0.15) is 0 Å². The summed E-state index contributed by atoms with van der Waals surface area (Å²) in [5.74, 6) is 0.757. The molecule has 1 aliphatic rings. The first-order valence-corrected chi connectivity index (χ1v) is 8.21. The maximum atomic E-state index is 3.89. The lowest BCUT2D eigenvalue weighted by atomic mass is 9.96. The van der Waals surface area contributed by atoms with E-state index in [2.05, 4.69) is 24.8 Å². The van der Waals surface area contributed by atoms with Crippen LogP contribution in [0.15, 0.2) is 24.8 Å². The minimum absolute atomic E-state index is 0.757. The Labute approximate surface area is 115 Å². The Kier molecular flexibility index (Phi) is 9.98. The molecule has 0 aromatic carbocycles. The second kappa shape index (κ2) is 11.6. The van der Waals surface area contributed by atoms with E-state index in [4.69, 9.17) is 0 Å². The Hall–Kier alpha value is -0.520. The fourth-order valence-corrected chi connectivity index (χ4v) is 2.88. The summed E-state index contributed by atoms with van der Waals surface area (Å²) in [6.45, 7) is 3.89. The lowest BCUT2D eigenvalue weighted by molar-refractivity contribution is 0.514. The molecule has 0 amide bonds. The van der Waals surface area contributed by atoms with Crippen molar-refractivity contribution in [1.29, 1.82) is 0 Å². The van der Waals surface area contributed by atoms with Crippen molar-refractivity contribution in [3.8, 4) is 0 Å². The molecule has 18 heavy (non-hydrogen) atoms. The first-order chi connectivity index (χ1) is 8.93. The van der Waals surface area contributed by atoms with Gasteiger partial charge in [0.05, 0.1) is 0 Å². The average molecular weight is 248 g/mol. The van der Waals surface area contributed by atoms with Gasteiger partial charge in [0.15, 0.2) is 0 Å². The Morgan fingerprint density at radius 2 is 1.39 bits per heavy atom. The zero-order valence-corrected chi connectivity index (χ0v) is 12.2. The fraction of sp³-hybridized carbons (Fsp3) is 0.778. The Bertz CT molecular complexity index is 214. The van der Waals surface area contributed by atoms with Crippen LogP contribution in [0.25, 0.3) is 0 Å². The summed E-state index contributed by atoms with van der Waals surface area (Å²) in [4.78, 5) is 0. The predicted molar refractivity (Wildman–Crippen MR) is 82.8 cm³/mol. The van der Waals surface area contributed by atoms with Gasteiger partial charge in [-0.15, -0.1) is 6.58 Å². The number of rotatable bonds is 2. The third kappa shape index (κ3) is 8.55. The molecule has 0 aromatic rings. The van der Waals surface area contributed by atoms with Gasteiger partial charge in [-0.05, 0) is 31.6 Å². The normalized spacial score (nSPS) is 26.8. The summed E-state index contributed by atoms with van der Waals surface area (Å²) in [6.07, 6.45) is 25.2. The van der Waals surface area contributed by atoms with Crippen LogP contribution in [0, 0.1) is 5.92 Å². The van der Waals surface area contributed by atoms with Gasteiger partial charge in [-0.3, -0.25) is 0 Å². The van der Waals surface area contributed by atoms with Crippen LogP contribution in [-0.4, -0.2) is 0 Å². The van der Waals surface area contributed by atoms with Gasteiger partial charge in [-0.25, -0.2) is 0 Å². The summed E-state index contributed by atoms with van der Waals surface area (Å²) in [5, 5.41) is 0. The van der Waals surface area contributed by atoms with E-state index in [1.165, 1.54) is 77.0 Å². The highest BCUT2D eigenvalue weighted by molar-refractivity contribution is 4.91. The highest BCUT2D eigenvalue weighted by Gasteiger charge is 2.02. The van der Waals surface area contributed by atoms with Gasteiger partial charge in [0, 0.05) is 0 Å². The maximum Gasteiger partial charge on any atom is -0.0199 e. The summed E-state index contributed by atoms with van der Waals surface area (Å²) >= 11 is 0. The topological polar surface area (TPSA) is 0 Å². The minimum atomic E-state index is 0.757. The van der Waals surface area contributed by atoms with Crippen LogP contribution in [0.1, 0.15) is 83.5 Å². The van der Waals surface area contributed by atoms with Crippen molar-refractivity contribution >= 4 is 0 Å². The maximum absolute atomic E-state index is 3.89. The lowest BCUT2D eigenvalue weighted by Gasteiger charge is -2.10. The van der Waals surface area contributed by atoms with Crippen LogP contribution in [0.5, 0.6) is 0 Å². The summed E-state index contributed by atoms with van der Waals surface area (Å²) < 4.78 is 0. The van der Waals surface area contributed by atoms with E-state index in [9.17, 15) is 0 Å². The fourth-order valence-electron chi connectivity index (χ4n) is 2.88. The molecule has 0 aliphatic heterocycles. The van der Waals surface area contributed by atoms with E-state index in [1.807, 2.05) is 0 Å². The number of hydrogen-bond donors (Lipinski definition) is 0. The Balaban J connectivity index is 2.30. The van der Waals surface area contributed by atoms with Crippen LogP contribution in [-0.2, 0) is 0 Å². The Morgan fingerprint density at radius 1 is 0.833 bits per heavy atom. The molecule has 1 unspecified atom stereocenters. The zero-order valence-electron chi connectivity index (χ0n) is 12.2. The van der Waals surface area contributed by atoms with E-state index >= 15 is 0 Å². The molecule has 1 aliphatic carbocycles. The summed E-state index contributed by atoms with van der Waals surface area (Å²) in [6, 6.07) is 0. The van der Waals surface area contributed by atoms with Gasteiger partial charge in [-0.1, -0.05) is 76.0 Å². The highest BCUT2D eigenvalue weighted by Crippen LogP contribution is 2.19. The first-order valence-electron chi connectivity index (χ1n) is 8.21. The molecular weight excluding hydrogens is 216 g/mol. The van der Waals surface area contributed by atoms with Gasteiger partial charge in [-0.2, -0.15) is 0 Å². The van der Waals surface area contributed by atoms with Crippen molar-refractivity contribution in [2.45, 2.75) is 83.5 Å². The molecule has 0 bridgehead atoms. The van der Waals surface area contributed by atoms with Crippen molar-refractivity contribution in [2.75, 3.05) is 0 Å². The molecule has 0 aromatic heterocycles. The quantitative estimate of drug-likeness (QED) is 0.494. The molecule has 0 saturated carbocycles. The summed E-state index contributed by atoms with van der Waals surface area (Å²) in [5.41, 5.74) is 0. The SMILES string of the molecule is C=CCC1/C=C/CCCCCCCCCCCC1. The van der Waals surface area contributed by atoms with E-state index in [0.717, 1.165) is 12.3 Å². The van der Waals surface area contributed by atoms with Crippen molar-refractivity contribution in [3.05, 3.63) is 24.8 Å². The highest BCUT2D eigenvalue weighted by atomic mass is 14.1. The standard InChI is InChI=1S/C18H32/c1-2-15-18-16-13-11-9-7-5-3-4-6-8-10-12-14-17-18/h2,13,16,18H,1,3-12,14-15,17H2/b16-13+. The largest absolute Gasteiger partial charge is 0.103 e. The van der Waals surface area contributed by atoms with Crippen molar-refractivity contribution < 1.29 is 0 Å². The lowest BCUT2D eigenvalue weighted by Crippen LogP contribution is -1.95. The monoisotopic (exact) mass is 248 g/mol. The molecule has 0 spiro atoms. The van der Waals surface area contributed by atoms with Crippen LogP contribution >= 0.6 is 0 Å². The zero-order chi connectivity index (χ0) is 12.9. The van der Waals surface area contributed by atoms with Gasteiger partial charge < -0.3 is 0 Å². The Morgan fingerprint density at radius 3 is 2.00 bits per heavy atom. The van der Waals surface area contributed by atoms with Crippen molar-refractivity contribution in [1.82, 2.24) is 0 Å². The molecule has 0 fully saturated rings.